The molecule has 0 spiro atoms. The molecule has 3 aromatic rings. The number of benzene rings is 1. The number of hydrogen-bond acceptors (Lipinski definition) is 4. The lowest BCUT2D eigenvalue weighted by Gasteiger charge is -2.35. The number of rotatable bonds is 2. The average molecular weight is 409 g/mol. The minimum atomic E-state index is -0.380. The van der Waals surface area contributed by atoms with Gasteiger partial charge in [0.25, 0.3) is 0 Å². The Kier molecular flexibility index (Phi) is 4.66. The Morgan fingerprint density at radius 3 is 2.73 bits per heavy atom. The summed E-state index contributed by atoms with van der Waals surface area (Å²) in [6.07, 6.45) is 3.45. The van der Waals surface area contributed by atoms with E-state index in [2.05, 4.69) is 21.9 Å². The van der Waals surface area contributed by atoms with Crippen LogP contribution in [0, 0.1) is 11.7 Å². The molecule has 7 nitrogen and oxygen atoms in total. The second-order valence-electron chi connectivity index (χ2n) is 8.26. The molecular formula is C22H24FN5O2. The van der Waals surface area contributed by atoms with Crippen molar-refractivity contribution >= 4 is 11.6 Å². The van der Waals surface area contributed by atoms with Crippen LogP contribution in [0.4, 0.5) is 4.39 Å². The molecule has 8 heteroatoms. The summed E-state index contributed by atoms with van der Waals surface area (Å²) in [6, 6.07) is 6.39. The van der Waals surface area contributed by atoms with Gasteiger partial charge in [0.1, 0.15) is 11.5 Å². The Hall–Kier alpha value is -3.00. The number of amides is 1. The third-order valence-corrected chi connectivity index (χ3v) is 6.32. The largest absolute Gasteiger partial charge is 0.340 e. The average Bonchev–Trinajstić information content (AvgIpc) is 3.20. The van der Waals surface area contributed by atoms with E-state index < -0.39 is 0 Å². The van der Waals surface area contributed by atoms with E-state index >= 15 is 0 Å². The van der Waals surface area contributed by atoms with Crippen LogP contribution in [0.3, 0.4) is 0 Å². The molecule has 1 atom stereocenters. The maximum absolute atomic E-state index is 14.3. The standard InChI is InChI=1S/C22H24FN5O2/c1-26-8-10-27(11-9-26)21(29)14-6-7-18-16(12-14)20-24-19(13-28(20)22(30)25-18)15-4-2-3-5-17(15)23/h2-5,13-14H,6-12H2,1H3,(H,25,30). The third-order valence-electron chi connectivity index (χ3n) is 6.32. The summed E-state index contributed by atoms with van der Waals surface area (Å²) in [5.41, 5.74) is 2.72. The number of halogens is 1. The number of imidazole rings is 1. The molecule has 2 aromatic heterocycles. The van der Waals surface area contributed by atoms with Gasteiger partial charge < -0.3 is 14.8 Å². The first-order valence-corrected chi connectivity index (χ1v) is 10.4. The Bertz CT molecular complexity index is 1180. The molecule has 5 rings (SSSR count). The summed E-state index contributed by atoms with van der Waals surface area (Å²) in [5, 5.41) is 0. The number of hydrogen-bond donors (Lipinski definition) is 1. The van der Waals surface area contributed by atoms with Crippen LogP contribution in [-0.2, 0) is 17.6 Å². The van der Waals surface area contributed by atoms with Gasteiger partial charge in [0.15, 0.2) is 0 Å². The third kappa shape index (κ3) is 3.21. The van der Waals surface area contributed by atoms with Crippen LogP contribution in [0.15, 0.2) is 35.3 Å². The number of piperazine rings is 1. The van der Waals surface area contributed by atoms with E-state index in [4.69, 9.17) is 0 Å². The predicted molar refractivity (Wildman–Crippen MR) is 111 cm³/mol. The van der Waals surface area contributed by atoms with E-state index in [1.54, 1.807) is 24.4 Å². The van der Waals surface area contributed by atoms with Crippen LogP contribution in [-0.4, -0.2) is 63.3 Å². The van der Waals surface area contributed by atoms with Crippen molar-refractivity contribution in [2.75, 3.05) is 33.2 Å². The SMILES string of the molecule is CN1CCN(C(=O)C2CCc3[nH]c(=O)n4cc(-c5ccccc5F)nc4c3C2)CC1. The summed E-state index contributed by atoms with van der Waals surface area (Å²) in [5.74, 6) is -0.322. The highest BCUT2D eigenvalue weighted by Gasteiger charge is 2.32. The molecule has 0 radical (unpaired) electrons. The number of nitrogens with one attached hydrogen (secondary N) is 1. The zero-order chi connectivity index (χ0) is 20.8. The molecule has 1 amide bonds. The zero-order valence-corrected chi connectivity index (χ0v) is 16.9. The van der Waals surface area contributed by atoms with Crippen molar-refractivity contribution in [2.24, 2.45) is 5.92 Å². The number of carbonyl (C=O) groups is 1. The van der Waals surface area contributed by atoms with Crippen molar-refractivity contribution in [3.63, 3.8) is 0 Å². The van der Waals surface area contributed by atoms with Gasteiger partial charge in [-0.15, -0.1) is 0 Å². The van der Waals surface area contributed by atoms with E-state index in [9.17, 15) is 14.0 Å². The molecule has 1 unspecified atom stereocenters. The fourth-order valence-corrected chi connectivity index (χ4v) is 4.54. The van der Waals surface area contributed by atoms with Crippen LogP contribution < -0.4 is 5.69 Å². The first-order chi connectivity index (χ1) is 14.5. The van der Waals surface area contributed by atoms with Gasteiger partial charge in [0, 0.05) is 55.1 Å². The second-order valence-corrected chi connectivity index (χ2v) is 8.26. The number of carbonyl (C=O) groups excluding carboxylic acids is 1. The van der Waals surface area contributed by atoms with Crippen molar-refractivity contribution in [1.82, 2.24) is 24.2 Å². The highest BCUT2D eigenvalue weighted by atomic mass is 19.1. The lowest BCUT2D eigenvalue weighted by atomic mass is 9.86. The van der Waals surface area contributed by atoms with Crippen molar-refractivity contribution in [2.45, 2.75) is 19.3 Å². The Balaban J connectivity index is 1.50. The monoisotopic (exact) mass is 409 g/mol. The number of H-pyrrole nitrogens is 1. The summed E-state index contributed by atoms with van der Waals surface area (Å²) in [7, 11) is 2.07. The van der Waals surface area contributed by atoms with Gasteiger partial charge in [-0.3, -0.25) is 9.20 Å². The summed E-state index contributed by atoms with van der Waals surface area (Å²) in [4.78, 5) is 37.4. The van der Waals surface area contributed by atoms with E-state index in [-0.39, 0.29) is 23.3 Å². The molecule has 1 fully saturated rings. The zero-order valence-electron chi connectivity index (χ0n) is 16.9. The Labute approximate surface area is 173 Å². The highest BCUT2D eigenvalue weighted by molar-refractivity contribution is 5.80. The van der Waals surface area contributed by atoms with Gasteiger partial charge in [-0.05, 0) is 38.4 Å². The van der Waals surface area contributed by atoms with Crippen LogP contribution in [0.2, 0.25) is 0 Å². The van der Waals surface area contributed by atoms with Crippen LogP contribution in [0.1, 0.15) is 17.7 Å². The number of aryl methyl sites for hydroxylation is 1. The smallest absolute Gasteiger partial charge is 0.331 e. The molecule has 2 aliphatic rings. The highest BCUT2D eigenvalue weighted by Crippen LogP contribution is 2.30. The van der Waals surface area contributed by atoms with Crippen LogP contribution in [0.25, 0.3) is 16.9 Å². The number of nitrogens with zero attached hydrogens (tertiary/aromatic N) is 4. The normalized spacial score (nSPS) is 19.8. The minimum Gasteiger partial charge on any atom is -0.340 e. The van der Waals surface area contributed by atoms with E-state index in [0.717, 1.165) is 37.4 Å². The van der Waals surface area contributed by atoms with E-state index in [1.807, 2.05) is 4.90 Å². The number of aromatic amines is 1. The van der Waals surface area contributed by atoms with Gasteiger partial charge in [-0.1, -0.05) is 12.1 Å². The molecule has 1 aliphatic carbocycles. The molecule has 1 saturated heterocycles. The molecule has 0 saturated carbocycles. The summed E-state index contributed by atoms with van der Waals surface area (Å²) < 4.78 is 15.7. The van der Waals surface area contributed by atoms with Crippen molar-refractivity contribution in [3.05, 3.63) is 58.0 Å². The number of fused-ring (bicyclic) bond motifs is 3. The predicted octanol–water partition coefficient (Wildman–Crippen LogP) is 1.71. The summed E-state index contributed by atoms with van der Waals surface area (Å²) >= 11 is 0. The molecule has 156 valence electrons. The maximum Gasteiger partial charge on any atom is 0.331 e. The van der Waals surface area contributed by atoms with Crippen molar-refractivity contribution < 1.29 is 9.18 Å². The van der Waals surface area contributed by atoms with Gasteiger partial charge in [-0.25, -0.2) is 14.2 Å². The molecule has 1 aliphatic heterocycles. The number of aromatic nitrogens is 3. The van der Waals surface area contributed by atoms with Gasteiger partial charge >= 0.3 is 5.69 Å². The lowest BCUT2D eigenvalue weighted by molar-refractivity contribution is -0.137. The fraction of sp³-hybridized carbons (Fsp3) is 0.409. The molecule has 3 heterocycles. The Morgan fingerprint density at radius 1 is 1.20 bits per heavy atom. The molecule has 1 N–H and O–H groups in total. The quantitative estimate of drug-likeness (QED) is 0.699. The number of likely N-dealkylation sites (N-methyl/N-ethyl adjacent to an activating group) is 1. The first kappa shape index (κ1) is 19.0. The van der Waals surface area contributed by atoms with Crippen molar-refractivity contribution in [1.29, 1.82) is 0 Å². The minimum absolute atomic E-state index is 0.121. The van der Waals surface area contributed by atoms with Crippen LogP contribution in [0.5, 0.6) is 0 Å². The first-order valence-electron chi connectivity index (χ1n) is 10.4. The Morgan fingerprint density at radius 2 is 1.97 bits per heavy atom. The fourth-order valence-electron chi connectivity index (χ4n) is 4.54. The maximum atomic E-state index is 14.3. The van der Waals surface area contributed by atoms with E-state index in [0.29, 0.717) is 36.2 Å². The van der Waals surface area contributed by atoms with Gasteiger partial charge in [0.05, 0.1) is 5.69 Å². The topological polar surface area (TPSA) is 73.7 Å². The van der Waals surface area contributed by atoms with E-state index in [1.165, 1.54) is 10.5 Å². The van der Waals surface area contributed by atoms with Gasteiger partial charge in [-0.2, -0.15) is 0 Å². The summed E-state index contributed by atoms with van der Waals surface area (Å²) in [6.45, 7) is 3.28. The van der Waals surface area contributed by atoms with Crippen molar-refractivity contribution in [3.8, 4) is 11.3 Å². The van der Waals surface area contributed by atoms with Crippen LogP contribution >= 0.6 is 0 Å². The molecular weight excluding hydrogens is 385 g/mol. The lowest BCUT2D eigenvalue weighted by Crippen LogP contribution is -2.49. The van der Waals surface area contributed by atoms with Gasteiger partial charge in [0.2, 0.25) is 5.91 Å². The molecule has 1 aromatic carbocycles. The molecule has 30 heavy (non-hydrogen) atoms. The second kappa shape index (κ2) is 7.36. The molecule has 0 bridgehead atoms.